The molecule has 0 aromatic heterocycles. The summed E-state index contributed by atoms with van der Waals surface area (Å²) in [5.74, 6) is 0.228. The summed E-state index contributed by atoms with van der Waals surface area (Å²) in [5, 5.41) is 0. The second kappa shape index (κ2) is 4.31. The van der Waals surface area contributed by atoms with Crippen LogP contribution in [0.15, 0.2) is 0 Å². The monoisotopic (exact) mass is 240 g/mol. The zero-order valence-electron chi connectivity index (χ0n) is 10.7. The maximum absolute atomic E-state index is 12.1. The van der Waals surface area contributed by atoms with Crippen molar-refractivity contribution in [2.45, 2.75) is 46.1 Å². The third-order valence-corrected chi connectivity index (χ3v) is 3.77. The van der Waals surface area contributed by atoms with Gasteiger partial charge in [-0.05, 0) is 24.7 Å². The first-order chi connectivity index (χ1) is 7.95. The van der Waals surface area contributed by atoms with Crippen LogP contribution in [0.5, 0.6) is 0 Å². The van der Waals surface area contributed by atoms with Gasteiger partial charge in [0.05, 0.1) is 12.0 Å². The molecule has 17 heavy (non-hydrogen) atoms. The van der Waals surface area contributed by atoms with Crippen molar-refractivity contribution in [3.63, 3.8) is 0 Å². The van der Waals surface area contributed by atoms with E-state index in [-0.39, 0.29) is 11.4 Å². The molecule has 3 atom stereocenters. The van der Waals surface area contributed by atoms with Gasteiger partial charge in [-0.3, -0.25) is 4.79 Å². The van der Waals surface area contributed by atoms with Crippen molar-refractivity contribution in [2.24, 2.45) is 17.3 Å². The number of rotatable bonds is 4. The summed E-state index contributed by atoms with van der Waals surface area (Å²) in [6, 6.07) is 0. The van der Waals surface area contributed by atoms with Crippen molar-refractivity contribution in [3.05, 3.63) is 0 Å². The van der Waals surface area contributed by atoms with Crippen LogP contribution in [-0.2, 0) is 19.1 Å². The third-order valence-electron chi connectivity index (χ3n) is 3.77. The number of carbonyl (C=O) groups excluding carboxylic acids is 2. The Morgan fingerprint density at radius 2 is 2.24 bits per heavy atom. The quantitative estimate of drug-likeness (QED) is 0.704. The molecule has 1 aliphatic heterocycles. The van der Waals surface area contributed by atoms with Gasteiger partial charge in [-0.15, -0.1) is 0 Å². The Hall–Kier alpha value is -1.06. The maximum atomic E-state index is 12.1. The number of esters is 2. The lowest BCUT2D eigenvalue weighted by Crippen LogP contribution is -2.30. The smallest absolute Gasteiger partial charge is 0.347 e. The van der Waals surface area contributed by atoms with Crippen LogP contribution < -0.4 is 0 Å². The van der Waals surface area contributed by atoms with E-state index in [1.165, 1.54) is 0 Å². The Balaban J connectivity index is 1.97. The minimum absolute atomic E-state index is 0.206. The van der Waals surface area contributed by atoms with Crippen LogP contribution in [0.1, 0.15) is 40.0 Å². The second-order valence-electron chi connectivity index (χ2n) is 5.71. The van der Waals surface area contributed by atoms with Crippen LogP contribution in [0.25, 0.3) is 0 Å². The van der Waals surface area contributed by atoms with Gasteiger partial charge in [-0.1, -0.05) is 20.8 Å². The van der Waals surface area contributed by atoms with Gasteiger partial charge in [0.25, 0.3) is 0 Å². The van der Waals surface area contributed by atoms with Crippen LogP contribution in [0.4, 0.5) is 0 Å². The fourth-order valence-corrected chi connectivity index (χ4v) is 2.70. The zero-order valence-corrected chi connectivity index (χ0v) is 10.7. The van der Waals surface area contributed by atoms with E-state index in [2.05, 4.69) is 20.8 Å². The Morgan fingerprint density at radius 3 is 2.65 bits per heavy atom. The fourth-order valence-electron chi connectivity index (χ4n) is 2.70. The molecule has 0 N–H and O–H groups in total. The number of ether oxygens (including phenoxy) is 2. The first-order valence-corrected chi connectivity index (χ1v) is 6.33. The molecule has 1 aliphatic carbocycles. The molecule has 1 heterocycles. The van der Waals surface area contributed by atoms with E-state index in [1.807, 2.05) is 0 Å². The highest BCUT2D eigenvalue weighted by atomic mass is 16.6. The average molecular weight is 240 g/mol. The van der Waals surface area contributed by atoms with Crippen molar-refractivity contribution in [2.75, 3.05) is 6.61 Å². The normalized spacial score (nSPS) is 35.9. The molecule has 0 aromatic rings. The zero-order chi connectivity index (χ0) is 12.6. The summed E-state index contributed by atoms with van der Waals surface area (Å²) in [6.45, 7) is 6.63. The lowest BCUT2D eigenvalue weighted by molar-refractivity contribution is -0.165. The third kappa shape index (κ3) is 2.31. The molecular weight excluding hydrogens is 220 g/mol. The minimum Gasteiger partial charge on any atom is -0.463 e. The summed E-state index contributed by atoms with van der Waals surface area (Å²) in [7, 11) is 0. The minimum atomic E-state index is -0.667. The molecule has 2 fully saturated rings. The maximum Gasteiger partial charge on any atom is 0.347 e. The van der Waals surface area contributed by atoms with Gasteiger partial charge in [-0.2, -0.15) is 0 Å². The fraction of sp³-hybridized carbons (Fsp3) is 0.846. The van der Waals surface area contributed by atoms with Crippen molar-refractivity contribution in [3.8, 4) is 0 Å². The molecule has 4 nitrogen and oxygen atoms in total. The topological polar surface area (TPSA) is 52.6 Å². The molecule has 0 amide bonds. The molecule has 0 bridgehead atoms. The number of cyclic esters (lactones) is 1. The van der Waals surface area contributed by atoms with Gasteiger partial charge >= 0.3 is 11.9 Å². The van der Waals surface area contributed by atoms with E-state index in [0.29, 0.717) is 24.9 Å². The van der Waals surface area contributed by atoms with E-state index in [0.717, 1.165) is 12.8 Å². The number of hydrogen-bond acceptors (Lipinski definition) is 4. The van der Waals surface area contributed by atoms with Crippen LogP contribution in [0, 0.1) is 17.3 Å². The van der Waals surface area contributed by atoms with E-state index in [4.69, 9.17) is 9.47 Å². The molecular formula is C13H20O4. The molecule has 0 radical (unpaired) electrons. The van der Waals surface area contributed by atoms with Crippen LogP contribution >= 0.6 is 0 Å². The molecule has 1 saturated carbocycles. The molecule has 1 saturated heterocycles. The van der Waals surface area contributed by atoms with Gasteiger partial charge in [0.15, 0.2) is 0 Å². The summed E-state index contributed by atoms with van der Waals surface area (Å²) < 4.78 is 10.1. The van der Waals surface area contributed by atoms with E-state index in [9.17, 15) is 9.59 Å². The summed E-state index contributed by atoms with van der Waals surface area (Å²) >= 11 is 0. The lowest BCUT2D eigenvalue weighted by atomic mass is 9.92. The first kappa shape index (κ1) is 12.4. The summed E-state index contributed by atoms with van der Waals surface area (Å²) in [5.41, 5.74) is -0.336. The highest BCUT2D eigenvalue weighted by Gasteiger charge is 2.59. The predicted octanol–water partition coefficient (Wildman–Crippen LogP) is 1.92. The van der Waals surface area contributed by atoms with Crippen LogP contribution in [-0.4, -0.2) is 24.6 Å². The summed E-state index contributed by atoms with van der Waals surface area (Å²) in [4.78, 5) is 23.4. The highest BCUT2D eigenvalue weighted by molar-refractivity contribution is 5.85. The Labute approximate surface area is 102 Å². The Kier molecular flexibility index (Phi) is 3.15. The van der Waals surface area contributed by atoms with Crippen molar-refractivity contribution in [1.82, 2.24) is 0 Å². The van der Waals surface area contributed by atoms with Crippen LogP contribution in [0.2, 0.25) is 0 Å². The predicted molar refractivity (Wildman–Crippen MR) is 61.1 cm³/mol. The van der Waals surface area contributed by atoms with Gasteiger partial charge in [-0.25, -0.2) is 4.79 Å². The highest BCUT2D eigenvalue weighted by Crippen LogP contribution is 2.57. The van der Waals surface area contributed by atoms with Gasteiger partial charge in [0, 0.05) is 6.42 Å². The van der Waals surface area contributed by atoms with Crippen molar-refractivity contribution < 1.29 is 19.1 Å². The van der Waals surface area contributed by atoms with E-state index >= 15 is 0 Å². The second-order valence-corrected chi connectivity index (χ2v) is 5.71. The molecule has 2 rings (SSSR count). The standard InChI is InChI=1S/C13H20O4/c1-8(2)6-13(7-9(13)3)12(15)17-10-4-5-16-11(10)14/h8-10H,4-7H2,1-3H3. The Morgan fingerprint density at radius 1 is 1.59 bits per heavy atom. The molecule has 2 aliphatic rings. The van der Waals surface area contributed by atoms with E-state index in [1.54, 1.807) is 0 Å². The number of carbonyl (C=O) groups is 2. The summed E-state index contributed by atoms with van der Waals surface area (Å²) in [6.07, 6.45) is 1.55. The number of hydrogen-bond donors (Lipinski definition) is 0. The molecule has 3 unspecified atom stereocenters. The molecule has 0 aromatic carbocycles. The van der Waals surface area contributed by atoms with Gasteiger partial charge < -0.3 is 9.47 Å². The SMILES string of the molecule is CC(C)CC1(C(=O)OC2CCOC2=O)CC1C. The largest absolute Gasteiger partial charge is 0.463 e. The van der Waals surface area contributed by atoms with Gasteiger partial charge in [0.1, 0.15) is 0 Å². The average Bonchev–Trinajstić information content (AvgIpc) is 2.68. The van der Waals surface area contributed by atoms with E-state index < -0.39 is 12.1 Å². The van der Waals surface area contributed by atoms with Gasteiger partial charge in [0.2, 0.25) is 6.10 Å². The Bertz CT molecular complexity index is 336. The molecule has 0 spiro atoms. The first-order valence-electron chi connectivity index (χ1n) is 6.33. The van der Waals surface area contributed by atoms with Crippen LogP contribution in [0.3, 0.4) is 0 Å². The molecule has 4 heteroatoms. The van der Waals surface area contributed by atoms with Crippen molar-refractivity contribution in [1.29, 1.82) is 0 Å². The van der Waals surface area contributed by atoms with Crippen molar-refractivity contribution >= 4 is 11.9 Å². The lowest BCUT2D eigenvalue weighted by Gasteiger charge is -2.19. The molecule has 96 valence electrons.